The molecule has 1 aliphatic heterocycles. The van der Waals surface area contributed by atoms with Crippen LogP contribution in [0.4, 0.5) is 20.1 Å². The van der Waals surface area contributed by atoms with Crippen molar-refractivity contribution in [3.05, 3.63) is 102 Å². The van der Waals surface area contributed by atoms with E-state index in [0.717, 1.165) is 16.7 Å². The summed E-state index contributed by atoms with van der Waals surface area (Å²) in [5, 5.41) is 10.3. The molecular formula is C36H42N6O8. The molecule has 1 saturated heterocycles. The van der Waals surface area contributed by atoms with Gasteiger partial charge in [-0.1, -0.05) is 72.8 Å². The Morgan fingerprint density at radius 2 is 1.34 bits per heavy atom. The predicted octanol–water partition coefficient (Wildman–Crippen LogP) is 4.66. The highest BCUT2D eigenvalue weighted by Crippen LogP contribution is 2.15. The molecule has 1 heterocycles. The Balaban J connectivity index is 1.31. The Hall–Kier alpha value is -5.92. The van der Waals surface area contributed by atoms with Crippen molar-refractivity contribution < 1.29 is 38.2 Å². The molecular weight excluding hydrogens is 644 g/mol. The molecule has 0 aliphatic carbocycles. The molecule has 4 N–H and O–H groups in total. The van der Waals surface area contributed by atoms with Gasteiger partial charge in [-0.3, -0.25) is 20.2 Å². The van der Waals surface area contributed by atoms with E-state index < -0.39 is 29.9 Å². The molecule has 0 radical (unpaired) electrons. The van der Waals surface area contributed by atoms with Crippen LogP contribution in [0.25, 0.3) is 0 Å². The highest BCUT2D eigenvalue weighted by atomic mass is 16.6. The summed E-state index contributed by atoms with van der Waals surface area (Å²) < 4.78 is 15.8. The van der Waals surface area contributed by atoms with Gasteiger partial charge in [0.25, 0.3) is 0 Å². The number of ether oxygens (including phenoxy) is 3. The molecule has 3 aromatic rings. The third-order valence-corrected chi connectivity index (χ3v) is 7.09. The molecule has 5 amide bonds. The average molecular weight is 687 g/mol. The summed E-state index contributed by atoms with van der Waals surface area (Å²) >= 11 is 0. The number of alkyl carbamates (subject to hydrolysis) is 3. The third-order valence-electron chi connectivity index (χ3n) is 7.09. The summed E-state index contributed by atoms with van der Waals surface area (Å²) in [6, 6.07) is 24.1. The topological polar surface area (TPSA) is 177 Å². The number of nitrogens with one attached hydrogen (secondary N) is 4. The van der Waals surface area contributed by atoms with Gasteiger partial charge in [0, 0.05) is 13.1 Å². The number of guanidine groups is 1. The number of hydrogen-bond acceptors (Lipinski definition) is 9. The van der Waals surface area contributed by atoms with Crippen LogP contribution >= 0.6 is 0 Å². The zero-order valence-corrected chi connectivity index (χ0v) is 28.3. The van der Waals surface area contributed by atoms with Gasteiger partial charge in [0.1, 0.15) is 24.9 Å². The van der Waals surface area contributed by atoms with E-state index >= 15 is 0 Å². The molecule has 1 unspecified atom stereocenters. The fourth-order valence-corrected chi connectivity index (χ4v) is 4.73. The number of carbonyl (C=O) groups is 5. The molecule has 4 rings (SSSR count). The van der Waals surface area contributed by atoms with Crippen LogP contribution in [-0.2, 0) is 43.6 Å². The SMILES string of the molecule is CC(C)(C)OC(=O)NC1CCCN(CC(=O)NCc2ccc(N=C(NC(=O)OCc3ccccc3)NC(=O)OCc3ccccc3)cc2)C1=O. The average Bonchev–Trinajstić information content (AvgIpc) is 3.08. The van der Waals surface area contributed by atoms with Gasteiger partial charge in [-0.25, -0.2) is 19.4 Å². The van der Waals surface area contributed by atoms with Crippen molar-refractivity contribution in [2.75, 3.05) is 13.1 Å². The molecule has 0 bridgehead atoms. The zero-order chi connectivity index (χ0) is 35.9. The second-order valence-electron chi connectivity index (χ2n) is 12.4. The number of hydrogen-bond donors (Lipinski definition) is 4. The van der Waals surface area contributed by atoms with Crippen LogP contribution < -0.4 is 21.3 Å². The van der Waals surface area contributed by atoms with E-state index in [9.17, 15) is 24.0 Å². The third kappa shape index (κ3) is 12.9. The number of carbonyl (C=O) groups excluding carboxylic acids is 5. The van der Waals surface area contributed by atoms with Crippen molar-refractivity contribution in [3.8, 4) is 0 Å². The standard InChI is InChI=1S/C36H42N6O8/c1-36(2,3)50-35(47)39-29-15-10-20-42(31(29)44)22-30(43)37-21-25-16-18-28(19-17-25)38-32(40-33(45)48-23-26-11-6-4-7-12-26)41-34(46)49-24-27-13-8-5-9-14-27/h4-9,11-14,16-19,29H,10,15,20-24H2,1-3H3,(H,37,43)(H,39,47)(H2,38,40,41,45,46). The molecule has 14 heteroatoms. The lowest BCUT2D eigenvalue weighted by atomic mass is 10.0. The van der Waals surface area contributed by atoms with Crippen molar-refractivity contribution in [2.24, 2.45) is 4.99 Å². The van der Waals surface area contributed by atoms with Gasteiger partial charge in [-0.05, 0) is 62.4 Å². The number of rotatable bonds is 10. The molecule has 3 aromatic carbocycles. The molecule has 1 atom stereocenters. The Kier molecular flexibility index (Phi) is 13.3. The molecule has 14 nitrogen and oxygen atoms in total. The minimum absolute atomic E-state index is 0.00823. The van der Waals surface area contributed by atoms with Gasteiger partial charge in [-0.2, -0.15) is 0 Å². The summed E-state index contributed by atoms with van der Waals surface area (Å²) in [6.45, 7) is 5.63. The van der Waals surface area contributed by atoms with Crippen LogP contribution in [0.3, 0.4) is 0 Å². The van der Waals surface area contributed by atoms with Crippen molar-refractivity contribution >= 4 is 41.7 Å². The fraction of sp³-hybridized carbons (Fsp3) is 0.333. The van der Waals surface area contributed by atoms with E-state index in [0.29, 0.717) is 25.1 Å². The number of amides is 5. The highest BCUT2D eigenvalue weighted by Gasteiger charge is 2.32. The Labute approximate surface area is 290 Å². The predicted molar refractivity (Wildman–Crippen MR) is 184 cm³/mol. The highest BCUT2D eigenvalue weighted by molar-refractivity contribution is 6.02. The first-order valence-electron chi connectivity index (χ1n) is 16.1. The van der Waals surface area contributed by atoms with Gasteiger partial charge < -0.3 is 29.7 Å². The molecule has 1 aliphatic rings. The lowest BCUT2D eigenvalue weighted by Gasteiger charge is -2.32. The van der Waals surface area contributed by atoms with Crippen LogP contribution in [-0.4, -0.2) is 65.7 Å². The maximum Gasteiger partial charge on any atom is 0.414 e. The van der Waals surface area contributed by atoms with Crippen LogP contribution in [0, 0.1) is 0 Å². The molecule has 0 aromatic heterocycles. The molecule has 1 fully saturated rings. The molecule has 50 heavy (non-hydrogen) atoms. The van der Waals surface area contributed by atoms with Crippen LogP contribution in [0.5, 0.6) is 0 Å². The van der Waals surface area contributed by atoms with E-state index in [1.807, 2.05) is 36.4 Å². The van der Waals surface area contributed by atoms with Gasteiger partial charge in [0.2, 0.25) is 17.8 Å². The minimum atomic E-state index is -0.838. The zero-order valence-electron chi connectivity index (χ0n) is 28.3. The number of piperidine rings is 1. The van der Waals surface area contributed by atoms with Gasteiger partial charge in [0.05, 0.1) is 12.2 Å². The first-order valence-corrected chi connectivity index (χ1v) is 16.1. The normalized spacial score (nSPS) is 14.1. The van der Waals surface area contributed by atoms with E-state index in [-0.39, 0.29) is 44.1 Å². The van der Waals surface area contributed by atoms with Crippen LogP contribution in [0.15, 0.2) is 89.9 Å². The van der Waals surface area contributed by atoms with Crippen molar-refractivity contribution in [1.29, 1.82) is 0 Å². The quantitative estimate of drug-likeness (QED) is 0.135. The summed E-state index contributed by atoms with van der Waals surface area (Å²) in [6.07, 6.45) is -1.27. The van der Waals surface area contributed by atoms with Crippen LogP contribution in [0.2, 0.25) is 0 Å². The van der Waals surface area contributed by atoms with Gasteiger partial charge >= 0.3 is 18.3 Å². The largest absolute Gasteiger partial charge is 0.444 e. The Morgan fingerprint density at radius 1 is 0.780 bits per heavy atom. The minimum Gasteiger partial charge on any atom is -0.444 e. The first-order chi connectivity index (χ1) is 23.9. The summed E-state index contributed by atoms with van der Waals surface area (Å²) in [5.74, 6) is -0.921. The lowest BCUT2D eigenvalue weighted by Crippen LogP contribution is -2.54. The van der Waals surface area contributed by atoms with E-state index in [1.54, 1.807) is 69.3 Å². The molecule has 0 spiro atoms. The fourth-order valence-electron chi connectivity index (χ4n) is 4.73. The summed E-state index contributed by atoms with van der Waals surface area (Å²) in [5.41, 5.74) is 1.97. The van der Waals surface area contributed by atoms with Gasteiger partial charge in [-0.15, -0.1) is 0 Å². The smallest absolute Gasteiger partial charge is 0.414 e. The number of likely N-dealkylation sites (tertiary alicyclic amines) is 1. The van der Waals surface area contributed by atoms with E-state index in [4.69, 9.17) is 14.2 Å². The number of aliphatic imine (C=N–C) groups is 1. The summed E-state index contributed by atoms with van der Waals surface area (Å²) in [7, 11) is 0. The Bertz CT molecular complexity index is 1580. The van der Waals surface area contributed by atoms with E-state index in [2.05, 4.69) is 26.3 Å². The maximum absolute atomic E-state index is 12.9. The van der Waals surface area contributed by atoms with Crippen LogP contribution in [0.1, 0.15) is 50.3 Å². The van der Waals surface area contributed by atoms with Gasteiger partial charge in [0.15, 0.2) is 0 Å². The monoisotopic (exact) mass is 686 g/mol. The second kappa shape index (κ2) is 18.0. The second-order valence-corrected chi connectivity index (χ2v) is 12.4. The maximum atomic E-state index is 12.9. The number of nitrogens with zero attached hydrogens (tertiary/aromatic N) is 2. The number of benzene rings is 3. The van der Waals surface area contributed by atoms with Crippen molar-refractivity contribution in [1.82, 2.24) is 26.2 Å². The van der Waals surface area contributed by atoms with Crippen molar-refractivity contribution in [2.45, 2.75) is 65.0 Å². The lowest BCUT2D eigenvalue weighted by molar-refractivity contribution is -0.140. The molecule has 0 saturated carbocycles. The Morgan fingerprint density at radius 3 is 1.88 bits per heavy atom. The summed E-state index contributed by atoms with van der Waals surface area (Å²) in [4.78, 5) is 68.6. The van der Waals surface area contributed by atoms with E-state index in [1.165, 1.54) is 4.90 Å². The molecule has 264 valence electrons. The first kappa shape index (κ1) is 36.9. The van der Waals surface area contributed by atoms with Crippen molar-refractivity contribution in [3.63, 3.8) is 0 Å².